The number of rotatable bonds is 2. The number of aromatic nitrogens is 1. The van der Waals surface area contributed by atoms with Gasteiger partial charge in [-0.05, 0) is 0 Å². The Morgan fingerprint density at radius 3 is 2.50 bits per heavy atom. The number of pyridine rings is 1. The largest absolute Gasteiger partial charge is 0.495 e. The van der Waals surface area contributed by atoms with Crippen LogP contribution in [0.5, 0.6) is 5.75 Å². The molecule has 0 bridgehead atoms. The third-order valence-corrected chi connectivity index (χ3v) is 1.56. The second-order valence-electron chi connectivity index (χ2n) is 2.43. The van der Waals surface area contributed by atoms with Crippen molar-refractivity contribution in [2.45, 2.75) is 6.18 Å². The van der Waals surface area contributed by atoms with Gasteiger partial charge in [0.2, 0.25) is 0 Å². The van der Waals surface area contributed by atoms with Crippen LogP contribution < -0.4 is 4.74 Å². The number of carbonyl (C=O) groups excluding carboxylic acids is 1. The molecular weight excluding hydrogens is 199 g/mol. The lowest BCUT2D eigenvalue weighted by Crippen LogP contribution is -2.09. The summed E-state index contributed by atoms with van der Waals surface area (Å²) in [6, 6.07) is 0. The number of nitrogens with zero attached hydrogens (tertiary/aromatic N) is 1. The van der Waals surface area contributed by atoms with Gasteiger partial charge >= 0.3 is 6.18 Å². The van der Waals surface area contributed by atoms with Crippen LogP contribution in [0.3, 0.4) is 0 Å². The van der Waals surface area contributed by atoms with Crippen LogP contribution >= 0.6 is 0 Å². The first-order valence-corrected chi connectivity index (χ1v) is 3.55. The van der Waals surface area contributed by atoms with Crippen LogP contribution in [0.2, 0.25) is 0 Å². The highest BCUT2D eigenvalue weighted by Crippen LogP contribution is 2.36. The Hall–Kier alpha value is -1.59. The van der Waals surface area contributed by atoms with Gasteiger partial charge in [0.05, 0.1) is 12.7 Å². The molecule has 0 fully saturated rings. The Morgan fingerprint density at radius 2 is 2.07 bits per heavy atom. The standard InChI is InChI=1S/C8H6F3NO2/c1-14-7-5(4-13)2-12-3-6(7)8(9,10)11/h2-4H,1H3. The number of methoxy groups -OCH3 is 1. The van der Waals surface area contributed by atoms with E-state index >= 15 is 0 Å². The summed E-state index contributed by atoms with van der Waals surface area (Å²) in [6.45, 7) is 0. The van der Waals surface area contributed by atoms with Crippen LogP contribution in [-0.2, 0) is 6.18 Å². The SMILES string of the molecule is COc1c(C=O)cncc1C(F)(F)F. The van der Waals surface area contributed by atoms with Crippen molar-refractivity contribution in [2.75, 3.05) is 7.11 Å². The molecule has 0 saturated heterocycles. The molecule has 0 radical (unpaired) electrons. The van der Waals surface area contributed by atoms with Crippen molar-refractivity contribution in [2.24, 2.45) is 0 Å². The number of carbonyl (C=O) groups is 1. The first-order chi connectivity index (χ1) is 6.50. The lowest BCUT2D eigenvalue weighted by Gasteiger charge is -2.11. The maximum atomic E-state index is 12.3. The molecule has 1 heterocycles. The zero-order valence-electron chi connectivity index (χ0n) is 7.13. The number of ether oxygens (including phenoxy) is 1. The van der Waals surface area contributed by atoms with E-state index in [4.69, 9.17) is 0 Å². The summed E-state index contributed by atoms with van der Waals surface area (Å²) in [5, 5.41) is 0. The predicted octanol–water partition coefficient (Wildman–Crippen LogP) is 1.92. The van der Waals surface area contributed by atoms with Gasteiger partial charge in [-0.15, -0.1) is 0 Å². The van der Waals surface area contributed by atoms with E-state index in [-0.39, 0.29) is 11.8 Å². The third-order valence-electron chi connectivity index (χ3n) is 1.56. The maximum absolute atomic E-state index is 12.3. The van der Waals surface area contributed by atoms with Gasteiger partial charge in [0, 0.05) is 12.4 Å². The number of alkyl halides is 3. The van der Waals surface area contributed by atoms with Gasteiger partial charge in [0.25, 0.3) is 0 Å². The second kappa shape index (κ2) is 3.65. The van der Waals surface area contributed by atoms with Crippen LogP contribution in [0.25, 0.3) is 0 Å². The minimum absolute atomic E-state index is 0.220. The molecule has 0 aliphatic rings. The molecule has 0 atom stereocenters. The fraction of sp³-hybridized carbons (Fsp3) is 0.250. The Labute approximate surface area is 77.5 Å². The minimum atomic E-state index is -4.57. The predicted molar refractivity (Wildman–Crippen MR) is 41.2 cm³/mol. The summed E-state index contributed by atoms with van der Waals surface area (Å²) in [5.74, 6) is -0.498. The summed E-state index contributed by atoms with van der Waals surface area (Å²) >= 11 is 0. The van der Waals surface area contributed by atoms with Gasteiger partial charge < -0.3 is 4.74 Å². The van der Waals surface area contributed by atoms with Gasteiger partial charge in [-0.3, -0.25) is 9.78 Å². The molecule has 0 unspecified atom stereocenters. The van der Waals surface area contributed by atoms with Gasteiger partial charge in [-0.2, -0.15) is 13.2 Å². The van der Waals surface area contributed by atoms with Crippen molar-refractivity contribution in [1.82, 2.24) is 4.98 Å². The van der Waals surface area contributed by atoms with Crippen LogP contribution in [0.1, 0.15) is 15.9 Å². The normalized spacial score (nSPS) is 11.1. The molecule has 1 aromatic rings. The molecule has 1 rings (SSSR count). The fourth-order valence-electron chi connectivity index (χ4n) is 0.979. The zero-order valence-corrected chi connectivity index (χ0v) is 7.13. The summed E-state index contributed by atoms with van der Waals surface area (Å²) in [4.78, 5) is 13.7. The Balaban J connectivity index is 3.36. The average molecular weight is 205 g/mol. The van der Waals surface area contributed by atoms with E-state index in [9.17, 15) is 18.0 Å². The highest BCUT2D eigenvalue weighted by molar-refractivity contribution is 5.79. The van der Waals surface area contributed by atoms with Gasteiger partial charge in [-0.1, -0.05) is 0 Å². The molecule has 0 amide bonds. The molecule has 0 spiro atoms. The first kappa shape index (κ1) is 10.5. The van der Waals surface area contributed by atoms with Crippen molar-refractivity contribution in [3.8, 4) is 5.75 Å². The monoisotopic (exact) mass is 205 g/mol. The van der Waals surface area contributed by atoms with Crippen LogP contribution in [0, 0.1) is 0 Å². The Kier molecular flexibility index (Phi) is 2.73. The summed E-state index contributed by atoms with van der Waals surface area (Å²) in [6.07, 6.45) is -2.68. The molecule has 0 saturated carbocycles. The Morgan fingerprint density at radius 1 is 1.43 bits per heavy atom. The van der Waals surface area contributed by atoms with Crippen molar-refractivity contribution in [1.29, 1.82) is 0 Å². The number of hydrogen-bond acceptors (Lipinski definition) is 3. The molecule has 0 aromatic carbocycles. The van der Waals surface area contributed by atoms with Gasteiger partial charge in [-0.25, -0.2) is 0 Å². The van der Waals surface area contributed by atoms with E-state index < -0.39 is 17.5 Å². The molecule has 1 aromatic heterocycles. The molecular formula is C8H6F3NO2. The molecule has 0 N–H and O–H groups in total. The van der Waals surface area contributed by atoms with Crippen LogP contribution in [0.4, 0.5) is 13.2 Å². The van der Waals surface area contributed by atoms with E-state index in [2.05, 4.69) is 9.72 Å². The third kappa shape index (κ3) is 1.84. The summed E-state index contributed by atoms with van der Waals surface area (Å²) in [5.41, 5.74) is -1.27. The fourth-order valence-corrected chi connectivity index (χ4v) is 0.979. The van der Waals surface area contributed by atoms with Crippen molar-refractivity contribution in [3.63, 3.8) is 0 Å². The van der Waals surface area contributed by atoms with Crippen molar-refractivity contribution >= 4 is 6.29 Å². The number of halogens is 3. The first-order valence-electron chi connectivity index (χ1n) is 3.55. The van der Waals surface area contributed by atoms with Gasteiger partial charge in [0.15, 0.2) is 6.29 Å². The van der Waals surface area contributed by atoms with E-state index in [1.807, 2.05) is 0 Å². The molecule has 0 aliphatic carbocycles. The van der Waals surface area contributed by atoms with E-state index in [1.165, 1.54) is 0 Å². The van der Waals surface area contributed by atoms with Crippen LogP contribution in [-0.4, -0.2) is 18.4 Å². The zero-order chi connectivity index (χ0) is 10.8. The highest BCUT2D eigenvalue weighted by atomic mass is 19.4. The van der Waals surface area contributed by atoms with E-state index in [0.29, 0.717) is 6.20 Å². The summed E-state index contributed by atoms with van der Waals surface area (Å²) in [7, 11) is 1.07. The lowest BCUT2D eigenvalue weighted by atomic mass is 10.2. The molecule has 0 aliphatic heterocycles. The van der Waals surface area contributed by atoms with Crippen molar-refractivity contribution in [3.05, 3.63) is 23.5 Å². The molecule has 14 heavy (non-hydrogen) atoms. The topological polar surface area (TPSA) is 39.2 Å². The Bertz CT molecular complexity index is 349. The number of hydrogen-bond donors (Lipinski definition) is 0. The van der Waals surface area contributed by atoms with Gasteiger partial charge in [0.1, 0.15) is 11.3 Å². The quantitative estimate of drug-likeness (QED) is 0.692. The molecule has 3 nitrogen and oxygen atoms in total. The second-order valence-corrected chi connectivity index (χ2v) is 2.43. The molecule has 6 heteroatoms. The highest BCUT2D eigenvalue weighted by Gasteiger charge is 2.35. The van der Waals surface area contributed by atoms with E-state index in [0.717, 1.165) is 13.3 Å². The van der Waals surface area contributed by atoms with E-state index in [1.54, 1.807) is 0 Å². The average Bonchev–Trinajstić information content (AvgIpc) is 2.15. The minimum Gasteiger partial charge on any atom is -0.495 e. The molecule has 76 valence electrons. The van der Waals surface area contributed by atoms with Crippen molar-refractivity contribution < 1.29 is 22.7 Å². The smallest absolute Gasteiger partial charge is 0.421 e. The van der Waals surface area contributed by atoms with Crippen LogP contribution in [0.15, 0.2) is 12.4 Å². The maximum Gasteiger partial charge on any atom is 0.421 e. The lowest BCUT2D eigenvalue weighted by molar-refractivity contribution is -0.139. The summed E-state index contributed by atoms with van der Waals surface area (Å²) < 4.78 is 41.4. The number of aldehydes is 1.